The van der Waals surface area contributed by atoms with Gasteiger partial charge < -0.3 is 19.7 Å². The molecule has 2 aromatic rings. The zero-order valence-electron chi connectivity index (χ0n) is 13.2. The van der Waals surface area contributed by atoms with E-state index < -0.39 is 0 Å². The van der Waals surface area contributed by atoms with E-state index in [1.165, 1.54) is 12.7 Å². The lowest BCUT2D eigenvalue weighted by molar-refractivity contribution is 0.228. The van der Waals surface area contributed by atoms with E-state index in [-0.39, 0.29) is 17.5 Å². The Hall–Kier alpha value is -2.40. The minimum absolute atomic E-state index is 0.0247. The molecule has 1 unspecified atom stereocenters. The number of hydrogen-bond acceptors (Lipinski definition) is 5. The number of aromatic hydroxyl groups is 2. The number of phenolic OH excluding ortho intramolecular Hbond substituents is 2. The molecule has 0 aliphatic carbocycles. The van der Waals surface area contributed by atoms with E-state index in [0.29, 0.717) is 23.7 Å². The van der Waals surface area contributed by atoms with Crippen LogP contribution >= 0.6 is 0 Å². The highest BCUT2D eigenvalue weighted by Crippen LogP contribution is 2.52. The summed E-state index contributed by atoms with van der Waals surface area (Å²) in [6, 6.07) is 7.41. The van der Waals surface area contributed by atoms with Crippen molar-refractivity contribution in [1.82, 2.24) is 4.90 Å². The van der Waals surface area contributed by atoms with Gasteiger partial charge >= 0.3 is 0 Å². The molecule has 2 aromatic carbocycles. The molecule has 2 aliphatic rings. The zero-order chi connectivity index (χ0) is 16.1. The van der Waals surface area contributed by atoms with Gasteiger partial charge in [-0.1, -0.05) is 12.1 Å². The number of hydrogen-bond donors (Lipinski definition) is 2. The topological polar surface area (TPSA) is 62.2 Å². The molecule has 0 spiro atoms. The monoisotopic (exact) mass is 313 g/mol. The highest BCUT2D eigenvalue weighted by atomic mass is 16.5. The Kier molecular flexibility index (Phi) is 3.13. The standard InChI is InChI=1S/C18H19NO4/c1-19-8-7-10-3-5-13(20)18-15(10)12(19)9-11-4-6-14(22-2)16(21)17(11)23-18/h3-6,12,20-21H,7-9H2,1-2H3. The van der Waals surface area contributed by atoms with Crippen molar-refractivity contribution in [3.63, 3.8) is 0 Å². The predicted molar refractivity (Wildman–Crippen MR) is 85.6 cm³/mol. The van der Waals surface area contributed by atoms with Crippen molar-refractivity contribution in [2.24, 2.45) is 0 Å². The van der Waals surface area contributed by atoms with Crippen LogP contribution in [0.2, 0.25) is 0 Å². The second-order valence-electron chi connectivity index (χ2n) is 6.14. The van der Waals surface area contributed by atoms with Gasteiger partial charge in [0.15, 0.2) is 23.0 Å². The van der Waals surface area contributed by atoms with Gasteiger partial charge in [0.25, 0.3) is 0 Å². The van der Waals surface area contributed by atoms with Crippen LogP contribution in [0.3, 0.4) is 0 Å². The van der Waals surface area contributed by atoms with Gasteiger partial charge in [-0.2, -0.15) is 0 Å². The first-order valence-electron chi connectivity index (χ1n) is 7.71. The largest absolute Gasteiger partial charge is 0.504 e. The van der Waals surface area contributed by atoms with E-state index >= 15 is 0 Å². The van der Waals surface area contributed by atoms with Crippen molar-refractivity contribution in [3.8, 4) is 28.7 Å². The molecule has 0 bridgehead atoms. The van der Waals surface area contributed by atoms with E-state index in [1.807, 2.05) is 12.1 Å². The number of rotatable bonds is 1. The third-order valence-corrected chi connectivity index (χ3v) is 4.88. The van der Waals surface area contributed by atoms with E-state index in [0.717, 1.165) is 24.1 Å². The molecule has 2 aliphatic heterocycles. The summed E-state index contributed by atoms with van der Waals surface area (Å²) in [4.78, 5) is 2.27. The van der Waals surface area contributed by atoms with Crippen LogP contribution in [-0.4, -0.2) is 35.8 Å². The van der Waals surface area contributed by atoms with E-state index in [1.54, 1.807) is 12.1 Å². The maximum atomic E-state index is 10.4. The molecule has 1 atom stereocenters. The highest BCUT2D eigenvalue weighted by molar-refractivity contribution is 5.62. The number of methoxy groups -OCH3 is 1. The maximum Gasteiger partial charge on any atom is 0.201 e. The molecule has 0 radical (unpaired) electrons. The Morgan fingerprint density at radius 2 is 1.91 bits per heavy atom. The minimum Gasteiger partial charge on any atom is -0.504 e. The molecule has 0 saturated heterocycles. The Morgan fingerprint density at radius 3 is 2.70 bits per heavy atom. The molecule has 23 heavy (non-hydrogen) atoms. The quantitative estimate of drug-likeness (QED) is 0.847. The number of ether oxygens (including phenoxy) is 2. The van der Waals surface area contributed by atoms with Crippen LogP contribution in [0.15, 0.2) is 24.3 Å². The average Bonchev–Trinajstić information content (AvgIpc) is 2.73. The number of nitrogens with zero attached hydrogens (tertiary/aromatic N) is 1. The molecule has 5 heteroatoms. The summed E-state index contributed by atoms with van der Waals surface area (Å²) in [5.41, 5.74) is 3.12. The maximum absolute atomic E-state index is 10.4. The Morgan fingerprint density at radius 1 is 1.13 bits per heavy atom. The smallest absolute Gasteiger partial charge is 0.201 e. The fourth-order valence-corrected chi connectivity index (χ4v) is 3.59. The van der Waals surface area contributed by atoms with E-state index in [2.05, 4.69) is 11.9 Å². The van der Waals surface area contributed by atoms with Gasteiger partial charge in [0.05, 0.1) is 7.11 Å². The van der Waals surface area contributed by atoms with Gasteiger partial charge in [0.2, 0.25) is 5.75 Å². The van der Waals surface area contributed by atoms with Gasteiger partial charge in [0, 0.05) is 23.7 Å². The molecule has 5 nitrogen and oxygen atoms in total. The van der Waals surface area contributed by atoms with Crippen LogP contribution in [0.5, 0.6) is 28.7 Å². The van der Waals surface area contributed by atoms with Gasteiger partial charge in [0.1, 0.15) is 0 Å². The average molecular weight is 313 g/mol. The first-order valence-corrected chi connectivity index (χ1v) is 7.71. The van der Waals surface area contributed by atoms with Crippen molar-refractivity contribution in [2.75, 3.05) is 20.7 Å². The van der Waals surface area contributed by atoms with Crippen molar-refractivity contribution < 1.29 is 19.7 Å². The molecule has 2 heterocycles. The minimum atomic E-state index is -0.0247. The van der Waals surface area contributed by atoms with Crippen LogP contribution in [0.1, 0.15) is 22.7 Å². The zero-order valence-corrected chi connectivity index (χ0v) is 13.2. The molecular weight excluding hydrogens is 294 g/mol. The fourth-order valence-electron chi connectivity index (χ4n) is 3.59. The first-order chi connectivity index (χ1) is 11.1. The summed E-state index contributed by atoms with van der Waals surface area (Å²) in [5.74, 6) is 1.25. The lowest BCUT2D eigenvalue weighted by Crippen LogP contribution is -2.33. The van der Waals surface area contributed by atoms with Gasteiger partial charge in [-0.3, -0.25) is 4.90 Å². The summed E-state index contributed by atoms with van der Waals surface area (Å²) in [6.07, 6.45) is 1.64. The molecule has 4 rings (SSSR count). The fraction of sp³-hybridized carbons (Fsp3) is 0.333. The predicted octanol–water partition coefficient (Wildman–Crippen LogP) is 2.98. The van der Waals surface area contributed by atoms with E-state index in [4.69, 9.17) is 9.47 Å². The SMILES string of the molecule is COc1ccc2c(c1O)Oc1c(O)ccc3c1C(C2)N(C)CC3. The molecule has 0 fully saturated rings. The van der Waals surface area contributed by atoms with Crippen LogP contribution in [-0.2, 0) is 12.8 Å². The summed E-state index contributed by atoms with van der Waals surface area (Å²) in [7, 11) is 3.59. The van der Waals surface area contributed by atoms with Crippen LogP contribution in [0, 0.1) is 0 Å². The van der Waals surface area contributed by atoms with Crippen molar-refractivity contribution in [1.29, 1.82) is 0 Å². The van der Waals surface area contributed by atoms with Crippen LogP contribution < -0.4 is 9.47 Å². The van der Waals surface area contributed by atoms with Gasteiger partial charge in [-0.05, 0) is 37.6 Å². The molecular formula is C18H19NO4. The highest BCUT2D eigenvalue weighted by Gasteiger charge is 2.34. The Labute approximate surface area is 134 Å². The number of fused-ring (bicyclic) bond motifs is 1. The molecule has 0 aromatic heterocycles. The molecule has 2 N–H and O–H groups in total. The van der Waals surface area contributed by atoms with Crippen LogP contribution in [0.25, 0.3) is 0 Å². The third kappa shape index (κ3) is 2.04. The second kappa shape index (κ2) is 5.06. The summed E-state index contributed by atoms with van der Waals surface area (Å²) in [6.45, 7) is 0.958. The Balaban J connectivity index is 1.96. The number of phenols is 2. The van der Waals surface area contributed by atoms with Crippen molar-refractivity contribution >= 4 is 0 Å². The van der Waals surface area contributed by atoms with Crippen molar-refractivity contribution in [3.05, 3.63) is 41.0 Å². The molecule has 120 valence electrons. The second-order valence-corrected chi connectivity index (χ2v) is 6.14. The lowest BCUT2D eigenvalue weighted by Gasteiger charge is -2.34. The summed E-state index contributed by atoms with van der Waals surface area (Å²) < 4.78 is 11.2. The van der Waals surface area contributed by atoms with Gasteiger partial charge in [-0.25, -0.2) is 0 Å². The van der Waals surface area contributed by atoms with Crippen molar-refractivity contribution in [2.45, 2.75) is 18.9 Å². The molecule has 0 amide bonds. The Bertz CT molecular complexity index is 787. The van der Waals surface area contributed by atoms with Crippen LogP contribution in [0.4, 0.5) is 0 Å². The molecule has 0 saturated carbocycles. The normalized spacial score (nSPS) is 19.3. The summed E-state index contributed by atoms with van der Waals surface area (Å²) >= 11 is 0. The third-order valence-electron chi connectivity index (χ3n) is 4.88. The number of benzene rings is 2. The first kappa shape index (κ1) is 14.2. The lowest BCUT2D eigenvalue weighted by atomic mass is 9.88. The summed E-state index contributed by atoms with van der Waals surface area (Å²) in [5, 5.41) is 20.8. The van der Waals surface area contributed by atoms with E-state index in [9.17, 15) is 10.2 Å². The van der Waals surface area contributed by atoms with Gasteiger partial charge in [-0.15, -0.1) is 0 Å². The number of likely N-dealkylation sites (N-methyl/N-ethyl adjacent to an activating group) is 1.